The molecule has 1 aromatic heterocycles. The molecule has 1 atom stereocenters. The molecule has 2 aromatic rings. The Morgan fingerprint density at radius 3 is 2.80 bits per heavy atom. The highest BCUT2D eigenvalue weighted by atomic mass is 19.1. The smallest absolute Gasteiger partial charge is 0.253 e. The molecule has 0 saturated heterocycles. The van der Waals surface area contributed by atoms with Crippen molar-refractivity contribution < 1.29 is 13.5 Å². The first-order valence-electron chi connectivity index (χ1n) is 6.54. The standard InChI is InChI=1S/C14H18FN3O2/c1-4-16-9(2)12-6-5-11(7-13(12)15)19-8-14-18-17-10(3)20-14/h5-7,9,16H,4,8H2,1-3H3. The number of benzene rings is 1. The molecule has 0 aliphatic heterocycles. The third-order valence-corrected chi connectivity index (χ3v) is 2.88. The van der Waals surface area contributed by atoms with Gasteiger partial charge in [-0.25, -0.2) is 4.39 Å². The Morgan fingerprint density at radius 1 is 1.40 bits per heavy atom. The molecule has 20 heavy (non-hydrogen) atoms. The zero-order chi connectivity index (χ0) is 14.5. The van der Waals surface area contributed by atoms with Crippen LogP contribution >= 0.6 is 0 Å². The van der Waals surface area contributed by atoms with Crippen LogP contribution < -0.4 is 10.1 Å². The van der Waals surface area contributed by atoms with E-state index in [0.29, 0.717) is 23.1 Å². The second-order valence-corrected chi connectivity index (χ2v) is 4.47. The molecule has 0 fully saturated rings. The van der Waals surface area contributed by atoms with E-state index < -0.39 is 0 Å². The average Bonchev–Trinajstić information content (AvgIpc) is 2.82. The van der Waals surface area contributed by atoms with Crippen molar-refractivity contribution in [2.24, 2.45) is 0 Å². The van der Waals surface area contributed by atoms with E-state index in [1.807, 2.05) is 13.8 Å². The topological polar surface area (TPSA) is 60.2 Å². The minimum atomic E-state index is -0.294. The predicted octanol–water partition coefficient (Wildman–Crippen LogP) is 2.77. The summed E-state index contributed by atoms with van der Waals surface area (Å²) in [6.45, 7) is 6.52. The van der Waals surface area contributed by atoms with E-state index in [9.17, 15) is 4.39 Å². The highest BCUT2D eigenvalue weighted by Gasteiger charge is 2.11. The minimum Gasteiger partial charge on any atom is -0.484 e. The molecule has 0 saturated carbocycles. The maximum Gasteiger partial charge on any atom is 0.253 e. The van der Waals surface area contributed by atoms with Crippen LogP contribution in [0.25, 0.3) is 0 Å². The molecule has 5 nitrogen and oxygen atoms in total. The zero-order valence-electron chi connectivity index (χ0n) is 11.8. The maximum atomic E-state index is 14.0. The first-order valence-corrected chi connectivity index (χ1v) is 6.54. The van der Waals surface area contributed by atoms with Crippen LogP contribution in [0.2, 0.25) is 0 Å². The van der Waals surface area contributed by atoms with Gasteiger partial charge in [0, 0.05) is 24.6 Å². The Labute approximate surface area is 117 Å². The molecule has 2 rings (SSSR count). The summed E-state index contributed by atoms with van der Waals surface area (Å²) in [4.78, 5) is 0. The fourth-order valence-electron chi connectivity index (χ4n) is 1.91. The summed E-state index contributed by atoms with van der Waals surface area (Å²) >= 11 is 0. The van der Waals surface area contributed by atoms with Gasteiger partial charge < -0.3 is 14.5 Å². The van der Waals surface area contributed by atoms with Gasteiger partial charge in [0.25, 0.3) is 5.89 Å². The van der Waals surface area contributed by atoms with Crippen molar-refractivity contribution in [3.8, 4) is 5.75 Å². The van der Waals surface area contributed by atoms with Crippen LogP contribution in [0.3, 0.4) is 0 Å². The third-order valence-electron chi connectivity index (χ3n) is 2.88. The highest BCUT2D eigenvalue weighted by molar-refractivity contribution is 5.30. The molecule has 0 spiro atoms. The molecule has 6 heteroatoms. The van der Waals surface area contributed by atoms with Crippen LogP contribution in [0.4, 0.5) is 4.39 Å². The SMILES string of the molecule is CCNC(C)c1ccc(OCc2nnc(C)o2)cc1F. The Balaban J connectivity index is 2.01. The zero-order valence-corrected chi connectivity index (χ0v) is 11.8. The first-order chi connectivity index (χ1) is 9.60. The van der Waals surface area contributed by atoms with Crippen LogP contribution in [0.15, 0.2) is 22.6 Å². The minimum absolute atomic E-state index is 0.0346. The van der Waals surface area contributed by atoms with E-state index in [0.717, 1.165) is 6.54 Å². The number of hydrogen-bond donors (Lipinski definition) is 1. The quantitative estimate of drug-likeness (QED) is 0.881. The number of nitrogens with zero attached hydrogens (tertiary/aromatic N) is 2. The summed E-state index contributed by atoms with van der Waals surface area (Å²) in [6.07, 6.45) is 0. The van der Waals surface area contributed by atoms with Gasteiger partial charge in [-0.15, -0.1) is 10.2 Å². The number of ether oxygens (including phenoxy) is 1. The second-order valence-electron chi connectivity index (χ2n) is 4.47. The molecule has 1 unspecified atom stereocenters. The lowest BCUT2D eigenvalue weighted by Gasteiger charge is -2.14. The van der Waals surface area contributed by atoms with Crippen molar-refractivity contribution in [2.75, 3.05) is 6.54 Å². The lowest BCUT2D eigenvalue weighted by atomic mass is 10.1. The van der Waals surface area contributed by atoms with Crippen molar-refractivity contribution in [2.45, 2.75) is 33.4 Å². The van der Waals surface area contributed by atoms with Crippen LogP contribution in [0.5, 0.6) is 5.75 Å². The molecular formula is C14H18FN3O2. The molecule has 1 N–H and O–H groups in total. The van der Waals surface area contributed by atoms with E-state index in [1.54, 1.807) is 19.1 Å². The van der Waals surface area contributed by atoms with Gasteiger partial charge in [0.05, 0.1) is 0 Å². The Bertz CT molecular complexity index is 571. The molecule has 1 aromatic carbocycles. The summed E-state index contributed by atoms with van der Waals surface area (Å²) in [5.41, 5.74) is 0.618. The van der Waals surface area contributed by atoms with E-state index in [4.69, 9.17) is 9.15 Å². The molecule has 0 bridgehead atoms. The summed E-state index contributed by atoms with van der Waals surface area (Å²) in [6, 6.07) is 4.78. The van der Waals surface area contributed by atoms with E-state index in [2.05, 4.69) is 15.5 Å². The summed E-state index contributed by atoms with van der Waals surface area (Å²) in [7, 11) is 0. The summed E-state index contributed by atoms with van der Waals surface area (Å²) in [5, 5.41) is 10.7. The van der Waals surface area contributed by atoms with Gasteiger partial charge in [-0.2, -0.15) is 0 Å². The number of hydrogen-bond acceptors (Lipinski definition) is 5. The van der Waals surface area contributed by atoms with Crippen LogP contribution in [-0.4, -0.2) is 16.7 Å². The summed E-state index contributed by atoms with van der Waals surface area (Å²) in [5.74, 6) is 0.987. The Kier molecular flexibility index (Phi) is 4.68. The van der Waals surface area contributed by atoms with E-state index in [-0.39, 0.29) is 18.5 Å². The first kappa shape index (κ1) is 14.5. The van der Waals surface area contributed by atoms with Crippen LogP contribution in [-0.2, 0) is 6.61 Å². The van der Waals surface area contributed by atoms with E-state index >= 15 is 0 Å². The van der Waals surface area contributed by atoms with Crippen molar-refractivity contribution in [1.29, 1.82) is 0 Å². The van der Waals surface area contributed by atoms with Crippen LogP contribution in [0, 0.1) is 12.7 Å². The molecule has 108 valence electrons. The molecule has 0 aliphatic rings. The lowest BCUT2D eigenvalue weighted by molar-refractivity contribution is 0.259. The number of aromatic nitrogens is 2. The Morgan fingerprint density at radius 2 is 2.20 bits per heavy atom. The van der Waals surface area contributed by atoms with Gasteiger partial charge in [0.1, 0.15) is 11.6 Å². The normalized spacial score (nSPS) is 12.4. The van der Waals surface area contributed by atoms with Crippen LogP contribution in [0.1, 0.15) is 37.2 Å². The van der Waals surface area contributed by atoms with Crippen molar-refractivity contribution in [3.63, 3.8) is 0 Å². The number of halogens is 1. The monoisotopic (exact) mass is 279 g/mol. The maximum absolute atomic E-state index is 14.0. The van der Waals surface area contributed by atoms with Crippen molar-refractivity contribution in [1.82, 2.24) is 15.5 Å². The highest BCUT2D eigenvalue weighted by Crippen LogP contribution is 2.22. The largest absolute Gasteiger partial charge is 0.484 e. The third kappa shape index (κ3) is 3.54. The lowest BCUT2D eigenvalue weighted by Crippen LogP contribution is -2.18. The fraction of sp³-hybridized carbons (Fsp3) is 0.429. The molecule has 1 heterocycles. The van der Waals surface area contributed by atoms with Crippen molar-refractivity contribution in [3.05, 3.63) is 41.4 Å². The Hall–Kier alpha value is -1.95. The number of aryl methyl sites for hydroxylation is 1. The van der Waals surface area contributed by atoms with Gasteiger partial charge in [0.15, 0.2) is 6.61 Å². The van der Waals surface area contributed by atoms with Gasteiger partial charge in [-0.3, -0.25) is 0 Å². The van der Waals surface area contributed by atoms with Gasteiger partial charge in [0.2, 0.25) is 5.89 Å². The van der Waals surface area contributed by atoms with Crippen molar-refractivity contribution >= 4 is 0 Å². The van der Waals surface area contributed by atoms with E-state index in [1.165, 1.54) is 6.07 Å². The number of rotatable bonds is 6. The fourth-order valence-corrected chi connectivity index (χ4v) is 1.91. The predicted molar refractivity (Wildman–Crippen MR) is 71.9 cm³/mol. The average molecular weight is 279 g/mol. The molecule has 0 amide bonds. The van der Waals surface area contributed by atoms with Gasteiger partial charge in [-0.1, -0.05) is 13.0 Å². The molecular weight excluding hydrogens is 261 g/mol. The summed E-state index contributed by atoms with van der Waals surface area (Å²) < 4.78 is 24.6. The van der Waals surface area contributed by atoms with Gasteiger partial charge in [-0.05, 0) is 19.5 Å². The number of nitrogens with one attached hydrogen (secondary N) is 1. The molecule has 0 aliphatic carbocycles. The van der Waals surface area contributed by atoms with Gasteiger partial charge >= 0.3 is 0 Å². The molecule has 0 radical (unpaired) electrons. The second kappa shape index (κ2) is 6.47.